The number of amides is 1. The molecule has 1 aromatic rings. The van der Waals surface area contributed by atoms with Gasteiger partial charge in [0.25, 0.3) is 5.91 Å². The number of carbonyl (C=O) groups is 1. The summed E-state index contributed by atoms with van der Waals surface area (Å²) in [5.41, 5.74) is 2.56. The van der Waals surface area contributed by atoms with E-state index in [1.807, 2.05) is 25.1 Å². The molecule has 1 N–H and O–H groups in total. The van der Waals surface area contributed by atoms with E-state index in [9.17, 15) is 4.79 Å². The Morgan fingerprint density at radius 1 is 1.38 bits per heavy atom. The van der Waals surface area contributed by atoms with Crippen molar-refractivity contribution in [1.29, 1.82) is 0 Å². The van der Waals surface area contributed by atoms with Crippen LogP contribution in [0.25, 0.3) is 0 Å². The van der Waals surface area contributed by atoms with Crippen molar-refractivity contribution in [2.45, 2.75) is 19.3 Å². The molecule has 2 unspecified atom stereocenters. The van der Waals surface area contributed by atoms with Gasteiger partial charge in [-0.1, -0.05) is 12.1 Å². The molecule has 4 nitrogen and oxygen atoms in total. The molecule has 2 rings (SSSR count). The molecular weight excluding hydrogens is 206 g/mol. The van der Waals surface area contributed by atoms with Gasteiger partial charge in [0.1, 0.15) is 0 Å². The first-order valence-electron chi connectivity index (χ1n) is 5.17. The zero-order chi connectivity index (χ0) is 11.7. The summed E-state index contributed by atoms with van der Waals surface area (Å²) in [6.07, 6.45) is -0.339. The molecule has 0 bridgehead atoms. The third-order valence-corrected chi connectivity index (χ3v) is 2.93. The molecule has 4 heteroatoms. The standard InChI is InChI=1S/C12H15NO3/c1-7(15-2)8-4-5-9-10(6-8)11(14)13-12(9)16-3/h4-7,12H,1-3H3,(H,13,14). The summed E-state index contributed by atoms with van der Waals surface area (Å²) in [7, 11) is 3.22. The maximum absolute atomic E-state index is 11.7. The van der Waals surface area contributed by atoms with Gasteiger partial charge in [0.15, 0.2) is 6.23 Å². The van der Waals surface area contributed by atoms with E-state index in [1.165, 1.54) is 0 Å². The molecule has 0 spiro atoms. The van der Waals surface area contributed by atoms with Crippen molar-refractivity contribution < 1.29 is 14.3 Å². The number of hydrogen-bond acceptors (Lipinski definition) is 3. The topological polar surface area (TPSA) is 47.6 Å². The molecule has 86 valence electrons. The van der Waals surface area contributed by atoms with E-state index in [0.717, 1.165) is 11.1 Å². The highest BCUT2D eigenvalue weighted by Crippen LogP contribution is 2.28. The van der Waals surface area contributed by atoms with Crippen molar-refractivity contribution in [1.82, 2.24) is 5.32 Å². The van der Waals surface area contributed by atoms with Crippen LogP contribution in [0.4, 0.5) is 0 Å². The maximum atomic E-state index is 11.7. The first-order chi connectivity index (χ1) is 7.67. The van der Waals surface area contributed by atoms with Gasteiger partial charge in [-0.05, 0) is 18.6 Å². The van der Waals surface area contributed by atoms with Crippen molar-refractivity contribution >= 4 is 5.91 Å². The predicted molar refractivity (Wildman–Crippen MR) is 59.1 cm³/mol. The fraction of sp³-hybridized carbons (Fsp3) is 0.417. The number of nitrogens with one attached hydrogen (secondary N) is 1. The molecule has 1 aliphatic heterocycles. The van der Waals surface area contributed by atoms with Crippen molar-refractivity contribution in [3.05, 3.63) is 34.9 Å². The number of benzene rings is 1. The summed E-state index contributed by atoms with van der Waals surface area (Å²) in [6, 6.07) is 5.73. The highest BCUT2D eigenvalue weighted by molar-refractivity contribution is 5.99. The molecule has 1 amide bonds. The summed E-state index contributed by atoms with van der Waals surface area (Å²) in [5, 5.41) is 2.75. The molecule has 1 aliphatic rings. The van der Waals surface area contributed by atoms with E-state index in [1.54, 1.807) is 14.2 Å². The van der Waals surface area contributed by atoms with Crippen LogP contribution in [0.2, 0.25) is 0 Å². The Hall–Kier alpha value is -1.39. The van der Waals surface area contributed by atoms with Gasteiger partial charge in [-0.3, -0.25) is 4.79 Å². The lowest BCUT2D eigenvalue weighted by Gasteiger charge is -2.12. The summed E-state index contributed by atoms with van der Waals surface area (Å²) in [5.74, 6) is -0.0907. The summed E-state index contributed by atoms with van der Waals surface area (Å²) >= 11 is 0. The molecule has 0 saturated carbocycles. The van der Waals surface area contributed by atoms with Gasteiger partial charge >= 0.3 is 0 Å². The van der Waals surface area contributed by atoms with Crippen LogP contribution in [-0.2, 0) is 9.47 Å². The van der Waals surface area contributed by atoms with Crippen LogP contribution in [0.1, 0.15) is 40.7 Å². The largest absolute Gasteiger partial charge is 0.377 e. The average molecular weight is 221 g/mol. The zero-order valence-electron chi connectivity index (χ0n) is 9.61. The first kappa shape index (κ1) is 11.1. The molecule has 16 heavy (non-hydrogen) atoms. The van der Waals surface area contributed by atoms with Gasteiger partial charge in [-0.25, -0.2) is 0 Å². The lowest BCUT2D eigenvalue weighted by Crippen LogP contribution is -2.19. The number of ether oxygens (including phenoxy) is 2. The van der Waals surface area contributed by atoms with Crippen LogP contribution in [0.15, 0.2) is 18.2 Å². The van der Waals surface area contributed by atoms with Crippen LogP contribution in [0.5, 0.6) is 0 Å². The Bertz CT molecular complexity index is 417. The Balaban J connectivity index is 2.40. The number of rotatable bonds is 3. The summed E-state index contributed by atoms with van der Waals surface area (Å²) < 4.78 is 10.4. The maximum Gasteiger partial charge on any atom is 0.253 e. The minimum Gasteiger partial charge on any atom is -0.377 e. The molecule has 0 saturated heterocycles. The number of hydrogen-bond donors (Lipinski definition) is 1. The summed E-state index contributed by atoms with van der Waals surface area (Å²) in [6.45, 7) is 1.95. The van der Waals surface area contributed by atoms with Gasteiger partial charge in [-0.2, -0.15) is 0 Å². The highest BCUT2D eigenvalue weighted by Gasteiger charge is 2.28. The first-order valence-corrected chi connectivity index (χ1v) is 5.17. The molecule has 0 aromatic heterocycles. The fourth-order valence-electron chi connectivity index (χ4n) is 1.85. The Morgan fingerprint density at radius 2 is 2.12 bits per heavy atom. The molecule has 1 heterocycles. The lowest BCUT2D eigenvalue weighted by molar-refractivity contribution is 0.0666. The normalized spacial score (nSPS) is 20.4. The summed E-state index contributed by atoms with van der Waals surface area (Å²) in [4.78, 5) is 11.7. The van der Waals surface area contributed by atoms with Crippen LogP contribution in [0.3, 0.4) is 0 Å². The van der Waals surface area contributed by atoms with Gasteiger partial charge in [0.05, 0.1) is 6.10 Å². The second-order valence-electron chi connectivity index (χ2n) is 3.81. The van der Waals surface area contributed by atoms with Crippen LogP contribution in [0, 0.1) is 0 Å². The van der Waals surface area contributed by atoms with Crippen LogP contribution in [-0.4, -0.2) is 20.1 Å². The lowest BCUT2D eigenvalue weighted by atomic mass is 10.0. The number of fused-ring (bicyclic) bond motifs is 1. The Labute approximate surface area is 94.6 Å². The molecule has 1 aromatic carbocycles. The monoisotopic (exact) mass is 221 g/mol. The molecule has 0 aliphatic carbocycles. The van der Waals surface area contributed by atoms with Gasteiger partial charge in [-0.15, -0.1) is 0 Å². The van der Waals surface area contributed by atoms with Crippen LogP contribution < -0.4 is 5.32 Å². The zero-order valence-corrected chi connectivity index (χ0v) is 9.61. The quantitative estimate of drug-likeness (QED) is 0.846. The Morgan fingerprint density at radius 3 is 2.75 bits per heavy atom. The molecule has 0 radical (unpaired) electrons. The SMILES string of the molecule is COC(C)c1ccc2c(c1)C(=O)NC2OC. The highest BCUT2D eigenvalue weighted by atomic mass is 16.5. The second-order valence-corrected chi connectivity index (χ2v) is 3.81. The Kier molecular flexibility index (Phi) is 2.94. The van der Waals surface area contributed by atoms with E-state index < -0.39 is 0 Å². The molecular formula is C12H15NO3. The third kappa shape index (κ3) is 1.70. The van der Waals surface area contributed by atoms with Crippen LogP contribution >= 0.6 is 0 Å². The minimum atomic E-state index is -0.325. The number of methoxy groups -OCH3 is 2. The molecule has 0 fully saturated rings. The smallest absolute Gasteiger partial charge is 0.253 e. The second kappa shape index (κ2) is 4.23. The third-order valence-electron chi connectivity index (χ3n) is 2.93. The van der Waals surface area contributed by atoms with Crippen molar-refractivity contribution in [2.75, 3.05) is 14.2 Å². The van der Waals surface area contributed by atoms with Gasteiger partial charge in [0, 0.05) is 25.3 Å². The van der Waals surface area contributed by atoms with Gasteiger partial charge < -0.3 is 14.8 Å². The van der Waals surface area contributed by atoms with E-state index in [0.29, 0.717) is 5.56 Å². The average Bonchev–Trinajstić information content (AvgIpc) is 2.64. The van der Waals surface area contributed by atoms with E-state index >= 15 is 0 Å². The van der Waals surface area contributed by atoms with Crippen molar-refractivity contribution in [3.63, 3.8) is 0 Å². The molecule has 2 atom stereocenters. The van der Waals surface area contributed by atoms with Crippen molar-refractivity contribution in [2.24, 2.45) is 0 Å². The van der Waals surface area contributed by atoms with E-state index in [2.05, 4.69) is 5.32 Å². The van der Waals surface area contributed by atoms with Gasteiger partial charge in [0.2, 0.25) is 0 Å². The predicted octanol–water partition coefficient (Wildman–Crippen LogP) is 1.78. The minimum absolute atomic E-state index is 0.0142. The number of carbonyl (C=O) groups excluding carboxylic acids is 1. The van der Waals surface area contributed by atoms with Crippen molar-refractivity contribution in [3.8, 4) is 0 Å². The van der Waals surface area contributed by atoms with E-state index in [-0.39, 0.29) is 18.2 Å². The van der Waals surface area contributed by atoms with E-state index in [4.69, 9.17) is 9.47 Å². The fourth-order valence-corrected chi connectivity index (χ4v) is 1.85.